The second-order valence-corrected chi connectivity index (χ2v) is 5.39. The summed E-state index contributed by atoms with van der Waals surface area (Å²) in [5.74, 6) is -0.776. The van der Waals surface area contributed by atoms with Crippen LogP contribution in [-0.4, -0.2) is 41.1 Å². The zero-order valence-corrected chi connectivity index (χ0v) is 11.9. The van der Waals surface area contributed by atoms with Crippen molar-refractivity contribution >= 4 is 12.0 Å². The Labute approximate surface area is 115 Å². The Morgan fingerprint density at radius 2 is 1.74 bits per heavy atom. The van der Waals surface area contributed by atoms with Crippen LogP contribution in [0.1, 0.15) is 58.3 Å². The van der Waals surface area contributed by atoms with Crippen molar-refractivity contribution < 1.29 is 14.7 Å². The first-order chi connectivity index (χ1) is 9.09. The molecule has 5 nitrogen and oxygen atoms in total. The third-order valence-corrected chi connectivity index (χ3v) is 3.54. The molecule has 0 radical (unpaired) electrons. The van der Waals surface area contributed by atoms with Gasteiger partial charge in [0.1, 0.15) is 0 Å². The highest BCUT2D eigenvalue weighted by Gasteiger charge is 2.16. The molecule has 0 saturated carbocycles. The minimum atomic E-state index is -0.776. The van der Waals surface area contributed by atoms with Gasteiger partial charge in [-0.3, -0.25) is 4.79 Å². The molecule has 1 fully saturated rings. The van der Waals surface area contributed by atoms with Gasteiger partial charge in [-0.2, -0.15) is 0 Å². The van der Waals surface area contributed by atoms with E-state index in [-0.39, 0.29) is 18.5 Å². The molecule has 2 amide bonds. The number of carboxylic acid groups (broad SMARTS) is 1. The minimum absolute atomic E-state index is 0.00438. The second-order valence-electron chi connectivity index (χ2n) is 5.39. The summed E-state index contributed by atoms with van der Waals surface area (Å²) in [6, 6.07) is 0.0435. The van der Waals surface area contributed by atoms with Gasteiger partial charge in [0.15, 0.2) is 0 Å². The van der Waals surface area contributed by atoms with Gasteiger partial charge in [-0.15, -0.1) is 0 Å². The number of nitrogens with zero attached hydrogens (tertiary/aromatic N) is 1. The molecular formula is C14H26N2O3. The summed E-state index contributed by atoms with van der Waals surface area (Å²) in [5, 5.41) is 11.5. The van der Waals surface area contributed by atoms with Gasteiger partial charge in [-0.25, -0.2) is 4.79 Å². The van der Waals surface area contributed by atoms with E-state index in [1.807, 2.05) is 11.8 Å². The zero-order chi connectivity index (χ0) is 14.1. The number of carboxylic acids is 1. The van der Waals surface area contributed by atoms with Crippen molar-refractivity contribution in [3.05, 3.63) is 0 Å². The average molecular weight is 270 g/mol. The van der Waals surface area contributed by atoms with Crippen molar-refractivity contribution in [1.82, 2.24) is 10.2 Å². The Morgan fingerprint density at radius 1 is 1.16 bits per heavy atom. The number of carbonyl (C=O) groups excluding carboxylic acids is 1. The molecule has 1 aliphatic heterocycles. The van der Waals surface area contributed by atoms with Gasteiger partial charge in [0.25, 0.3) is 0 Å². The lowest BCUT2D eigenvalue weighted by molar-refractivity contribution is -0.137. The molecule has 0 bridgehead atoms. The SMILES string of the molecule is CC(CCCC(=O)O)NC(=O)N1CCCCCCC1. The lowest BCUT2D eigenvalue weighted by Crippen LogP contribution is -2.45. The summed E-state index contributed by atoms with van der Waals surface area (Å²) in [6.07, 6.45) is 7.35. The minimum Gasteiger partial charge on any atom is -0.481 e. The molecule has 5 heteroatoms. The van der Waals surface area contributed by atoms with E-state index in [2.05, 4.69) is 5.32 Å². The van der Waals surface area contributed by atoms with E-state index in [0.29, 0.717) is 12.8 Å². The maximum absolute atomic E-state index is 12.1. The molecule has 0 spiro atoms. The van der Waals surface area contributed by atoms with Crippen LogP contribution in [0.4, 0.5) is 4.79 Å². The fourth-order valence-corrected chi connectivity index (χ4v) is 2.38. The molecule has 0 aromatic rings. The highest BCUT2D eigenvalue weighted by molar-refractivity contribution is 5.74. The van der Waals surface area contributed by atoms with Gasteiger partial charge >= 0.3 is 12.0 Å². The van der Waals surface area contributed by atoms with Gasteiger partial charge in [-0.1, -0.05) is 19.3 Å². The standard InChI is InChI=1S/C14H26N2O3/c1-12(8-7-9-13(17)18)15-14(19)16-10-5-3-2-4-6-11-16/h12H,2-11H2,1H3,(H,15,19)(H,17,18). The number of aliphatic carboxylic acids is 1. The van der Waals surface area contributed by atoms with Gasteiger partial charge in [0.05, 0.1) is 0 Å². The van der Waals surface area contributed by atoms with Crippen LogP contribution in [0.3, 0.4) is 0 Å². The summed E-state index contributed by atoms with van der Waals surface area (Å²) in [5.41, 5.74) is 0. The van der Waals surface area contributed by atoms with Gasteiger partial charge in [0, 0.05) is 25.6 Å². The van der Waals surface area contributed by atoms with Crippen LogP contribution in [0, 0.1) is 0 Å². The fourth-order valence-electron chi connectivity index (χ4n) is 2.38. The Bertz CT molecular complexity index is 286. The van der Waals surface area contributed by atoms with Gasteiger partial charge in [0.2, 0.25) is 0 Å². The van der Waals surface area contributed by atoms with E-state index < -0.39 is 5.97 Å². The predicted molar refractivity (Wildman–Crippen MR) is 74.1 cm³/mol. The quantitative estimate of drug-likeness (QED) is 0.806. The molecule has 0 aromatic carbocycles. The molecule has 110 valence electrons. The largest absolute Gasteiger partial charge is 0.481 e. The Balaban J connectivity index is 2.25. The van der Waals surface area contributed by atoms with Crippen LogP contribution < -0.4 is 5.32 Å². The summed E-state index contributed by atoms with van der Waals surface area (Å²) in [6.45, 7) is 3.62. The molecule has 2 N–H and O–H groups in total. The van der Waals surface area contributed by atoms with Gasteiger partial charge in [-0.05, 0) is 32.6 Å². The lowest BCUT2D eigenvalue weighted by Gasteiger charge is -2.26. The van der Waals surface area contributed by atoms with Crippen LogP contribution in [0.2, 0.25) is 0 Å². The molecule has 19 heavy (non-hydrogen) atoms. The highest BCUT2D eigenvalue weighted by Crippen LogP contribution is 2.11. The predicted octanol–water partition coefficient (Wildman–Crippen LogP) is 2.61. The number of hydrogen-bond acceptors (Lipinski definition) is 2. The molecule has 1 atom stereocenters. The number of rotatable bonds is 5. The second kappa shape index (κ2) is 8.77. The van der Waals surface area contributed by atoms with E-state index in [1.165, 1.54) is 19.3 Å². The molecule has 1 saturated heterocycles. The maximum atomic E-state index is 12.1. The number of carbonyl (C=O) groups is 2. The number of likely N-dealkylation sites (tertiary alicyclic amines) is 1. The van der Waals surface area contributed by atoms with Crippen LogP contribution in [0.5, 0.6) is 0 Å². The third kappa shape index (κ3) is 7.03. The summed E-state index contributed by atoms with van der Waals surface area (Å²) in [7, 11) is 0. The Kier molecular flexibility index (Phi) is 7.30. The van der Waals surface area contributed by atoms with E-state index in [9.17, 15) is 9.59 Å². The zero-order valence-electron chi connectivity index (χ0n) is 11.9. The van der Waals surface area contributed by atoms with Crippen molar-refractivity contribution in [3.8, 4) is 0 Å². The molecule has 1 heterocycles. The number of nitrogens with one attached hydrogen (secondary N) is 1. The average Bonchev–Trinajstić information content (AvgIpc) is 2.27. The smallest absolute Gasteiger partial charge is 0.317 e. The van der Waals surface area contributed by atoms with Crippen LogP contribution in [-0.2, 0) is 4.79 Å². The number of amides is 2. The maximum Gasteiger partial charge on any atom is 0.317 e. The Morgan fingerprint density at radius 3 is 2.32 bits per heavy atom. The highest BCUT2D eigenvalue weighted by atomic mass is 16.4. The monoisotopic (exact) mass is 270 g/mol. The van der Waals surface area contributed by atoms with Crippen LogP contribution in [0.15, 0.2) is 0 Å². The molecule has 0 aromatic heterocycles. The third-order valence-electron chi connectivity index (χ3n) is 3.54. The lowest BCUT2D eigenvalue weighted by atomic mass is 10.1. The van der Waals surface area contributed by atoms with Crippen molar-refractivity contribution in [3.63, 3.8) is 0 Å². The Hall–Kier alpha value is -1.26. The van der Waals surface area contributed by atoms with Crippen molar-refractivity contribution in [2.24, 2.45) is 0 Å². The summed E-state index contributed by atoms with van der Waals surface area (Å²) < 4.78 is 0. The van der Waals surface area contributed by atoms with Crippen molar-refractivity contribution in [2.45, 2.75) is 64.3 Å². The fraction of sp³-hybridized carbons (Fsp3) is 0.857. The molecule has 1 aliphatic rings. The summed E-state index contributed by atoms with van der Waals surface area (Å²) >= 11 is 0. The molecule has 1 rings (SSSR count). The van der Waals surface area contributed by atoms with Crippen LogP contribution >= 0.6 is 0 Å². The first kappa shape index (κ1) is 15.8. The van der Waals surface area contributed by atoms with Crippen LogP contribution in [0.25, 0.3) is 0 Å². The normalized spacial score (nSPS) is 18.3. The van der Waals surface area contributed by atoms with Crippen molar-refractivity contribution in [1.29, 1.82) is 0 Å². The number of hydrogen-bond donors (Lipinski definition) is 2. The van der Waals surface area contributed by atoms with E-state index in [0.717, 1.165) is 25.9 Å². The van der Waals surface area contributed by atoms with Crippen molar-refractivity contribution in [2.75, 3.05) is 13.1 Å². The van der Waals surface area contributed by atoms with Gasteiger partial charge < -0.3 is 15.3 Å². The first-order valence-electron chi connectivity index (χ1n) is 7.37. The first-order valence-corrected chi connectivity index (χ1v) is 7.37. The number of urea groups is 1. The summed E-state index contributed by atoms with van der Waals surface area (Å²) in [4.78, 5) is 24.4. The topological polar surface area (TPSA) is 69.6 Å². The van der Waals surface area contributed by atoms with E-state index in [1.54, 1.807) is 0 Å². The van der Waals surface area contributed by atoms with E-state index in [4.69, 9.17) is 5.11 Å². The molecule has 1 unspecified atom stereocenters. The molecule has 0 aliphatic carbocycles. The molecular weight excluding hydrogens is 244 g/mol. The van der Waals surface area contributed by atoms with E-state index >= 15 is 0 Å².